The Morgan fingerprint density at radius 2 is 1.92 bits per heavy atom. The molecule has 2 aromatic rings. The van der Waals surface area contributed by atoms with Gasteiger partial charge in [-0.15, -0.1) is 0 Å². The van der Waals surface area contributed by atoms with E-state index in [9.17, 15) is 4.79 Å². The van der Waals surface area contributed by atoms with E-state index in [2.05, 4.69) is 15.3 Å². The molecule has 26 heavy (non-hydrogen) atoms. The summed E-state index contributed by atoms with van der Waals surface area (Å²) in [5.74, 6) is 1.01. The summed E-state index contributed by atoms with van der Waals surface area (Å²) < 4.78 is 11.0. The van der Waals surface area contributed by atoms with Crippen molar-refractivity contribution < 1.29 is 14.3 Å². The van der Waals surface area contributed by atoms with Crippen molar-refractivity contribution in [2.45, 2.75) is 6.92 Å². The van der Waals surface area contributed by atoms with E-state index in [4.69, 9.17) is 31.9 Å². The summed E-state index contributed by atoms with van der Waals surface area (Å²) in [5.41, 5.74) is 7.12. The molecule has 136 valence electrons. The molecule has 1 aromatic heterocycles. The van der Waals surface area contributed by atoms with Crippen molar-refractivity contribution in [2.75, 3.05) is 18.5 Å². The third-order valence-electron chi connectivity index (χ3n) is 3.48. The molecule has 0 bridgehead atoms. The van der Waals surface area contributed by atoms with Gasteiger partial charge in [0.25, 0.3) is 5.91 Å². The van der Waals surface area contributed by atoms with Crippen molar-refractivity contribution in [2.24, 2.45) is 10.9 Å². The van der Waals surface area contributed by atoms with Crippen LogP contribution in [0.1, 0.15) is 6.92 Å². The number of nitrogens with zero attached hydrogens (tertiary/aromatic N) is 2. The van der Waals surface area contributed by atoms with E-state index < -0.39 is 5.91 Å². The Balaban J connectivity index is 1.82. The van der Waals surface area contributed by atoms with Gasteiger partial charge in [0.2, 0.25) is 0 Å². The minimum absolute atomic E-state index is 0.214. The summed E-state index contributed by atoms with van der Waals surface area (Å²) >= 11 is 7.08. The van der Waals surface area contributed by atoms with Crippen molar-refractivity contribution in [1.29, 1.82) is 0 Å². The maximum Gasteiger partial charge on any atom is 0.266 e. The molecule has 0 unspecified atom stereocenters. The molecular formula is C16H16ClN5O3S. The van der Waals surface area contributed by atoms with Gasteiger partial charge in [-0.1, -0.05) is 11.6 Å². The Bertz CT molecular complexity index is 869. The number of fused-ring (bicyclic) bond motifs is 1. The first-order valence-electron chi connectivity index (χ1n) is 7.55. The zero-order chi connectivity index (χ0) is 18.7. The summed E-state index contributed by atoms with van der Waals surface area (Å²) in [6.45, 7) is 2.55. The normalized spacial score (nSPS) is 13.8. The molecule has 1 aromatic carbocycles. The molecule has 0 atom stereocenters. The number of aromatic nitrogens is 2. The molecular weight excluding hydrogens is 378 g/mol. The summed E-state index contributed by atoms with van der Waals surface area (Å²) in [5, 5.41) is 8.50. The van der Waals surface area contributed by atoms with Crippen LogP contribution in [-0.2, 0) is 4.79 Å². The standard InChI is InChI=1S/C16H16ClN5O3S/c1-8(18)15(26-19)16(23)22-14-7-20-11(6-21-14)9-4-12-13(5-10(9)17)25-3-2-24-12/h4-7H,2-3,18-19H2,1H3,(H,21,22,23)/b15-8-. The van der Waals surface area contributed by atoms with Crippen LogP contribution in [0.3, 0.4) is 0 Å². The predicted molar refractivity (Wildman–Crippen MR) is 101 cm³/mol. The topological polar surface area (TPSA) is 125 Å². The van der Waals surface area contributed by atoms with Crippen LogP contribution in [0, 0.1) is 0 Å². The number of ether oxygens (including phenoxy) is 2. The number of carbonyl (C=O) groups excluding carboxylic acids is 1. The molecule has 0 radical (unpaired) electrons. The average Bonchev–Trinajstić information content (AvgIpc) is 2.62. The van der Waals surface area contributed by atoms with Crippen LogP contribution in [0.25, 0.3) is 11.3 Å². The minimum atomic E-state index is -0.447. The van der Waals surface area contributed by atoms with Crippen LogP contribution in [0.2, 0.25) is 5.02 Å². The van der Waals surface area contributed by atoms with E-state index in [0.29, 0.717) is 46.7 Å². The van der Waals surface area contributed by atoms with Gasteiger partial charge < -0.3 is 20.5 Å². The Morgan fingerprint density at radius 3 is 2.50 bits per heavy atom. The number of amides is 1. The van der Waals surface area contributed by atoms with Crippen molar-refractivity contribution in [3.8, 4) is 22.8 Å². The summed E-state index contributed by atoms with van der Waals surface area (Å²) in [6, 6.07) is 3.44. The molecule has 5 N–H and O–H groups in total. The number of nitrogens with one attached hydrogen (secondary N) is 1. The molecule has 0 fully saturated rings. The number of hydrogen-bond donors (Lipinski definition) is 3. The summed E-state index contributed by atoms with van der Waals surface area (Å²) in [7, 11) is 0. The van der Waals surface area contributed by atoms with Gasteiger partial charge in [0.05, 0.1) is 23.1 Å². The Labute approximate surface area is 159 Å². The molecule has 2 heterocycles. The molecule has 0 spiro atoms. The van der Waals surface area contributed by atoms with Crippen LogP contribution in [0.5, 0.6) is 11.5 Å². The SMILES string of the molecule is C/C(N)=C(/SN)C(=O)Nc1cnc(-c2cc3c(cc2Cl)OCCO3)cn1. The number of benzene rings is 1. The first kappa shape index (κ1) is 18.3. The largest absolute Gasteiger partial charge is 0.486 e. The zero-order valence-corrected chi connectivity index (χ0v) is 15.4. The van der Waals surface area contributed by atoms with E-state index in [1.54, 1.807) is 19.1 Å². The maximum absolute atomic E-state index is 12.1. The van der Waals surface area contributed by atoms with E-state index in [0.717, 1.165) is 11.9 Å². The highest BCUT2D eigenvalue weighted by molar-refractivity contribution is 8.01. The van der Waals surface area contributed by atoms with Gasteiger partial charge in [-0.25, -0.2) is 4.98 Å². The van der Waals surface area contributed by atoms with Crippen LogP contribution < -0.4 is 25.7 Å². The second-order valence-electron chi connectivity index (χ2n) is 5.35. The Kier molecular flexibility index (Phi) is 5.50. The molecule has 3 rings (SSSR count). The van der Waals surface area contributed by atoms with E-state index >= 15 is 0 Å². The van der Waals surface area contributed by atoms with E-state index in [1.165, 1.54) is 12.4 Å². The van der Waals surface area contributed by atoms with Crippen LogP contribution in [0.4, 0.5) is 5.82 Å². The summed E-state index contributed by atoms with van der Waals surface area (Å²) in [4.78, 5) is 20.8. The molecule has 0 saturated carbocycles. The second-order valence-corrected chi connectivity index (χ2v) is 6.40. The fourth-order valence-electron chi connectivity index (χ4n) is 2.29. The third kappa shape index (κ3) is 3.85. The summed E-state index contributed by atoms with van der Waals surface area (Å²) in [6.07, 6.45) is 2.92. The molecule has 1 amide bonds. The number of anilines is 1. The lowest BCUT2D eigenvalue weighted by molar-refractivity contribution is -0.112. The molecule has 10 heteroatoms. The van der Waals surface area contributed by atoms with Gasteiger partial charge in [0, 0.05) is 17.3 Å². The predicted octanol–water partition coefficient (Wildman–Crippen LogP) is 2.30. The quantitative estimate of drug-likeness (QED) is 0.533. The lowest BCUT2D eigenvalue weighted by atomic mass is 10.1. The molecule has 1 aliphatic heterocycles. The Hall–Kier alpha value is -2.49. The van der Waals surface area contributed by atoms with Crippen molar-refractivity contribution in [3.63, 3.8) is 0 Å². The second kappa shape index (κ2) is 7.81. The average molecular weight is 394 g/mol. The van der Waals surface area contributed by atoms with Gasteiger partial charge in [-0.2, -0.15) is 0 Å². The highest BCUT2D eigenvalue weighted by Crippen LogP contribution is 2.39. The third-order valence-corrected chi connectivity index (χ3v) is 4.54. The number of rotatable bonds is 4. The monoisotopic (exact) mass is 393 g/mol. The smallest absolute Gasteiger partial charge is 0.266 e. The van der Waals surface area contributed by atoms with Crippen LogP contribution >= 0.6 is 23.5 Å². The first-order chi connectivity index (χ1) is 12.5. The van der Waals surface area contributed by atoms with Gasteiger partial charge in [-0.05, 0) is 24.9 Å². The molecule has 8 nitrogen and oxygen atoms in total. The zero-order valence-electron chi connectivity index (χ0n) is 13.8. The fourth-order valence-corrected chi connectivity index (χ4v) is 2.88. The molecule has 0 aliphatic carbocycles. The van der Waals surface area contributed by atoms with Crippen molar-refractivity contribution >= 4 is 35.3 Å². The Morgan fingerprint density at radius 1 is 1.23 bits per heavy atom. The van der Waals surface area contributed by atoms with Gasteiger partial charge in [0.15, 0.2) is 17.3 Å². The minimum Gasteiger partial charge on any atom is -0.486 e. The van der Waals surface area contributed by atoms with E-state index in [-0.39, 0.29) is 10.7 Å². The number of carbonyl (C=O) groups is 1. The van der Waals surface area contributed by atoms with Gasteiger partial charge in [-0.3, -0.25) is 14.9 Å². The lowest BCUT2D eigenvalue weighted by Gasteiger charge is -2.19. The van der Waals surface area contributed by atoms with Crippen molar-refractivity contribution in [3.05, 3.63) is 40.2 Å². The lowest BCUT2D eigenvalue weighted by Crippen LogP contribution is -2.18. The van der Waals surface area contributed by atoms with Gasteiger partial charge >= 0.3 is 0 Å². The van der Waals surface area contributed by atoms with Gasteiger partial charge in [0.1, 0.15) is 18.1 Å². The highest BCUT2D eigenvalue weighted by atomic mass is 35.5. The number of nitrogens with two attached hydrogens (primary N) is 2. The first-order valence-corrected chi connectivity index (χ1v) is 8.81. The molecule has 0 saturated heterocycles. The molecule has 1 aliphatic rings. The number of allylic oxidation sites excluding steroid dienone is 1. The number of halogens is 1. The van der Waals surface area contributed by atoms with E-state index in [1.807, 2.05) is 0 Å². The van der Waals surface area contributed by atoms with Crippen LogP contribution in [0.15, 0.2) is 35.1 Å². The van der Waals surface area contributed by atoms with Crippen LogP contribution in [-0.4, -0.2) is 29.1 Å². The number of hydrogen-bond acceptors (Lipinski definition) is 8. The maximum atomic E-state index is 12.1. The highest BCUT2D eigenvalue weighted by Gasteiger charge is 2.17. The van der Waals surface area contributed by atoms with Crippen molar-refractivity contribution in [1.82, 2.24) is 9.97 Å². The fraction of sp³-hybridized carbons (Fsp3) is 0.188.